The third-order valence-corrected chi connectivity index (χ3v) is 4.66. The van der Waals surface area contributed by atoms with E-state index in [0.717, 1.165) is 39.2 Å². The summed E-state index contributed by atoms with van der Waals surface area (Å²) in [5.74, 6) is 2.38. The lowest BCUT2D eigenvalue weighted by Crippen LogP contribution is -2.36. The summed E-state index contributed by atoms with van der Waals surface area (Å²) >= 11 is 0. The number of H-pyrrole nitrogens is 1. The maximum absolute atomic E-state index is 5.95. The first-order valence-electron chi connectivity index (χ1n) is 9.11. The Morgan fingerprint density at radius 3 is 2.69 bits per heavy atom. The predicted molar refractivity (Wildman–Crippen MR) is 125 cm³/mol. The van der Waals surface area contributed by atoms with Gasteiger partial charge in [0.05, 0.1) is 6.54 Å². The molecule has 0 unspecified atom stereocenters. The fourth-order valence-corrected chi connectivity index (χ4v) is 3.14. The van der Waals surface area contributed by atoms with Crippen molar-refractivity contribution >= 4 is 40.9 Å². The van der Waals surface area contributed by atoms with Crippen molar-refractivity contribution in [1.82, 2.24) is 25.8 Å². The number of aryl methyl sites for hydroxylation is 1. The lowest BCUT2D eigenvalue weighted by atomic mass is 10.1. The Morgan fingerprint density at radius 1 is 1.10 bits per heavy atom. The first-order chi connectivity index (χ1) is 13.7. The van der Waals surface area contributed by atoms with Crippen molar-refractivity contribution < 1.29 is 4.42 Å². The molecular formula is C21H23IN6O. The first-order valence-corrected chi connectivity index (χ1v) is 9.11. The molecule has 0 bridgehead atoms. The van der Waals surface area contributed by atoms with Crippen molar-refractivity contribution in [3.63, 3.8) is 0 Å². The number of aliphatic imine (C=N–C) groups is 1. The number of aromatic nitrogens is 3. The second-order valence-electron chi connectivity index (χ2n) is 6.46. The average Bonchev–Trinajstić information content (AvgIpc) is 3.37. The number of rotatable bonds is 5. The zero-order valence-corrected chi connectivity index (χ0v) is 18.6. The van der Waals surface area contributed by atoms with E-state index in [4.69, 9.17) is 4.42 Å². The monoisotopic (exact) mass is 502 g/mol. The number of benzene rings is 2. The molecule has 0 aliphatic rings. The molecule has 0 spiro atoms. The molecule has 0 radical (unpaired) electrons. The lowest BCUT2D eigenvalue weighted by Gasteiger charge is -2.12. The minimum atomic E-state index is 0. The molecule has 0 fully saturated rings. The van der Waals surface area contributed by atoms with E-state index in [-0.39, 0.29) is 24.0 Å². The zero-order valence-electron chi connectivity index (χ0n) is 16.3. The molecule has 7 nitrogen and oxygen atoms in total. The van der Waals surface area contributed by atoms with Crippen molar-refractivity contribution in [2.75, 3.05) is 7.05 Å². The maximum atomic E-state index is 5.95. The van der Waals surface area contributed by atoms with Gasteiger partial charge in [-0.2, -0.15) is 5.10 Å². The second-order valence-corrected chi connectivity index (χ2v) is 6.46. The van der Waals surface area contributed by atoms with Gasteiger partial charge in [0, 0.05) is 30.1 Å². The molecule has 4 rings (SSSR count). The van der Waals surface area contributed by atoms with Crippen LogP contribution in [0.25, 0.3) is 22.4 Å². The highest BCUT2D eigenvalue weighted by molar-refractivity contribution is 14.0. The average molecular weight is 502 g/mol. The van der Waals surface area contributed by atoms with E-state index in [2.05, 4.69) is 55.9 Å². The van der Waals surface area contributed by atoms with Crippen LogP contribution in [0.15, 0.2) is 64.3 Å². The van der Waals surface area contributed by atoms with Crippen LogP contribution in [0.5, 0.6) is 0 Å². The van der Waals surface area contributed by atoms with Gasteiger partial charge >= 0.3 is 0 Å². The molecule has 2 aromatic heterocycles. The van der Waals surface area contributed by atoms with E-state index < -0.39 is 0 Å². The topological polar surface area (TPSA) is 91.1 Å². The summed E-state index contributed by atoms with van der Waals surface area (Å²) < 4.78 is 5.95. The highest BCUT2D eigenvalue weighted by atomic mass is 127. The fraction of sp³-hybridized carbons (Fsp3) is 0.190. The lowest BCUT2D eigenvalue weighted by molar-refractivity contribution is 0.534. The summed E-state index contributed by atoms with van der Waals surface area (Å²) in [4.78, 5) is 8.49. The number of nitrogens with zero attached hydrogens (tertiary/aromatic N) is 3. The van der Waals surface area contributed by atoms with Crippen molar-refractivity contribution in [3.05, 3.63) is 71.7 Å². The zero-order chi connectivity index (χ0) is 19.3. The molecule has 0 saturated carbocycles. The molecule has 0 atom stereocenters. The van der Waals surface area contributed by atoms with Crippen LogP contribution in [-0.4, -0.2) is 28.2 Å². The standard InChI is InChI=1S/C21H22N6O.HI/c1-14-17-8-3-4-9-18(17)28-19(14)12-24-21(22-2)23-11-15-6-5-7-16(10-15)20-25-13-26-27-20;/h3-10,13H,11-12H2,1-2H3,(H2,22,23,24)(H,25,26,27);1H. The van der Waals surface area contributed by atoms with Gasteiger partial charge in [-0.3, -0.25) is 10.1 Å². The third-order valence-electron chi connectivity index (χ3n) is 4.66. The van der Waals surface area contributed by atoms with Gasteiger partial charge in [0.2, 0.25) is 0 Å². The largest absolute Gasteiger partial charge is 0.459 e. The first kappa shape index (κ1) is 20.8. The van der Waals surface area contributed by atoms with Crippen LogP contribution in [0.4, 0.5) is 0 Å². The van der Waals surface area contributed by atoms with Crippen molar-refractivity contribution in [2.24, 2.45) is 4.99 Å². The number of furan rings is 1. The molecule has 150 valence electrons. The summed E-state index contributed by atoms with van der Waals surface area (Å²) in [6.45, 7) is 3.28. The minimum absolute atomic E-state index is 0. The van der Waals surface area contributed by atoms with Crippen LogP contribution in [0.3, 0.4) is 0 Å². The number of para-hydroxylation sites is 1. The van der Waals surface area contributed by atoms with Crippen molar-refractivity contribution in [2.45, 2.75) is 20.0 Å². The molecular weight excluding hydrogens is 479 g/mol. The number of nitrogens with one attached hydrogen (secondary N) is 3. The van der Waals surface area contributed by atoms with E-state index in [9.17, 15) is 0 Å². The van der Waals surface area contributed by atoms with Gasteiger partial charge in [0.25, 0.3) is 0 Å². The minimum Gasteiger partial charge on any atom is -0.459 e. The number of aromatic amines is 1. The van der Waals surface area contributed by atoms with Crippen LogP contribution in [0.2, 0.25) is 0 Å². The Balaban J connectivity index is 0.00000240. The highest BCUT2D eigenvalue weighted by Gasteiger charge is 2.10. The molecule has 0 amide bonds. The van der Waals surface area contributed by atoms with E-state index in [1.54, 1.807) is 7.05 Å². The summed E-state index contributed by atoms with van der Waals surface area (Å²) in [6, 6.07) is 16.2. The van der Waals surface area contributed by atoms with Crippen LogP contribution in [0.1, 0.15) is 16.9 Å². The van der Waals surface area contributed by atoms with Gasteiger partial charge in [-0.05, 0) is 24.6 Å². The SMILES string of the molecule is CN=C(NCc1cccc(-c2ncn[nH]2)c1)NCc1oc2ccccc2c1C.I. The van der Waals surface area contributed by atoms with Gasteiger partial charge in [0.15, 0.2) is 11.8 Å². The Hall–Kier alpha value is -2.88. The van der Waals surface area contributed by atoms with Gasteiger partial charge < -0.3 is 15.1 Å². The van der Waals surface area contributed by atoms with Crippen LogP contribution in [0, 0.1) is 6.92 Å². The number of hydrogen-bond acceptors (Lipinski definition) is 4. The maximum Gasteiger partial charge on any atom is 0.191 e. The molecule has 0 aliphatic heterocycles. The quantitative estimate of drug-likeness (QED) is 0.218. The predicted octanol–water partition coefficient (Wildman–Crippen LogP) is 4.01. The summed E-state index contributed by atoms with van der Waals surface area (Å²) in [6.07, 6.45) is 1.51. The summed E-state index contributed by atoms with van der Waals surface area (Å²) in [7, 11) is 1.76. The van der Waals surface area contributed by atoms with E-state index in [0.29, 0.717) is 19.0 Å². The molecule has 2 heterocycles. The summed E-state index contributed by atoms with van der Waals surface area (Å²) in [5.41, 5.74) is 4.18. The van der Waals surface area contributed by atoms with Crippen molar-refractivity contribution in [3.8, 4) is 11.4 Å². The Kier molecular flexibility index (Phi) is 6.86. The Bertz CT molecular complexity index is 1100. The van der Waals surface area contributed by atoms with Crippen molar-refractivity contribution in [1.29, 1.82) is 0 Å². The van der Waals surface area contributed by atoms with E-state index in [1.165, 1.54) is 6.33 Å². The number of guanidine groups is 1. The Labute approximate surface area is 186 Å². The van der Waals surface area contributed by atoms with Gasteiger partial charge in [-0.1, -0.05) is 36.4 Å². The van der Waals surface area contributed by atoms with Gasteiger partial charge in [-0.15, -0.1) is 24.0 Å². The van der Waals surface area contributed by atoms with Crippen LogP contribution in [-0.2, 0) is 13.1 Å². The highest BCUT2D eigenvalue weighted by Crippen LogP contribution is 2.24. The fourth-order valence-electron chi connectivity index (χ4n) is 3.14. The molecule has 3 N–H and O–H groups in total. The smallest absolute Gasteiger partial charge is 0.191 e. The molecule has 2 aromatic carbocycles. The normalized spacial score (nSPS) is 11.3. The second kappa shape index (κ2) is 9.55. The third kappa shape index (κ3) is 4.76. The summed E-state index contributed by atoms with van der Waals surface area (Å²) in [5, 5.41) is 14.6. The van der Waals surface area contributed by atoms with E-state index >= 15 is 0 Å². The Morgan fingerprint density at radius 2 is 1.93 bits per heavy atom. The number of fused-ring (bicyclic) bond motifs is 1. The number of halogens is 1. The van der Waals surface area contributed by atoms with Crippen LogP contribution >= 0.6 is 24.0 Å². The van der Waals surface area contributed by atoms with E-state index in [1.807, 2.05) is 30.3 Å². The molecule has 0 saturated heterocycles. The van der Waals surface area contributed by atoms with Gasteiger partial charge in [-0.25, -0.2) is 4.98 Å². The van der Waals surface area contributed by atoms with Gasteiger partial charge in [0.1, 0.15) is 17.7 Å². The molecule has 0 aliphatic carbocycles. The molecule has 4 aromatic rings. The molecule has 29 heavy (non-hydrogen) atoms. The van der Waals surface area contributed by atoms with Crippen LogP contribution < -0.4 is 10.6 Å². The molecule has 8 heteroatoms. The number of hydrogen-bond donors (Lipinski definition) is 3.